The summed E-state index contributed by atoms with van der Waals surface area (Å²) in [5.74, 6) is -0.0732. The summed E-state index contributed by atoms with van der Waals surface area (Å²) in [7, 11) is 0. The lowest BCUT2D eigenvalue weighted by Gasteiger charge is -2.17. The summed E-state index contributed by atoms with van der Waals surface area (Å²) in [6.07, 6.45) is -0.220. The molecule has 1 saturated heterocycles. The molecule has 0 aromatic rings. The number of primary amides is 1. The Morgan fingerprint density at radius 1 is 1.38 bits per heavy atom. The largest absolute Gasteiger partial charge is 0.391 e. The Balaban J connectivity index is 2.45. The number of amides is 2. The maximum absolute atomic E-state index is 11.7. The van der Waals surface area contributed by atoms with Crippen LogP contribution in [0.5, 0.6) is 0 Å². The Bertz CT molecular complexity index is 278. The highest BCUT2D eigenvalue weighted by molar-refractivity contribution is 5.83. The first-order valence-electron chi connectivity index (χ1n) is 5.66. The molecule has 0 aliphatic carbocycles. The zero-order chi connectivity index (χ0) is 12.3. The number of hydrogen-bond donors (Lipinski definition) is 2. The zero-order valence-electron chi connectivity index (χ0n) is 9.85. The number of carbonyl (C=O) groups is 2. The maximum Gasteiger partial charge on any atom is 0.223 e. The molecule has 1 rings (SSSR count). The Labute approximate surface area is 95.6 Å². The van der Waals surface area contributed by atoms with Gasteiger partial charge in [-0.3, -0.25) is 9.59 Å². The van der Waals surface area contributed by atoms with Gasteiger partial charge >= 0.3 is 0 Å². The van der Waals surface area contributed by atoms with Crippen LogP contribution in [-0.2, 0) is 9.59 Å². The molecule has 1 aliphatic heterocycles. The van der Waals surface area contributed by atoms with Gasteiger partial charge in [0.05, 0.1) is 6.10 Å². The van der Waals surface area contributed by atoms with Crippen molar-refractivity contribution in [2.45, 2.75) is 32.8 Å². The van der Waals surface area contributed by atoms with Crippen molar-refractivity contribution < 1.29 is 14.7 Å². The number of nitrogens with two attached hydrogens (primary N) is 1. The van der Waals surface area contributed by atoms with E-state index in [1.807, 2.05) is 13.8 Å². The van der Waals surface area contributed by atoms with Gasteiger partial charge in [-0.1, -0.05) is 13.8 Å². The number of aliphatic hydroxyl groups is 1. The standard InChI is InChI=1S/C11H20N2O3/c1-7(2)8-5-13(6-9(8)14)11(16)4-3-10(12)15/h7-9,14H,3-6H2,1-2H3,(H2,12,15)/t8-,9+/m0/s1. The fourth-order valence-electron chi connectivity index (χ4n) is 2.06. The van der Waals surface area contributed by atoms with Crippen LogP contribution in [0.3, 0.4) is 0 Å². The summed E-state index contributed by atoms with van der Waals surface area (Å²) in [6, 6.07) is 0. The number of rotatable bonds is 4. The molecule has 2 amide bonds. The SMILES string of the molecule is CC(C)[C@@H]1CN(C(=O)CCC(N)=O)C[C@H]1O. The molecule has 3 N–H and O–H groups in total. The lowest BCUT2D eigenvalue weighted by molar-refractivity contribution is -0.132. The lowest BCUT2D eigenvalue weighted by Crippen LogP contribution is -2.30. The third-order valence-electron chi connectivity index (χ3n) is 3.13. The second kappa shape index (κ2) is 5.30. The Kier molecular flexibility index (Phi) is 4.29. The van der Waals surface area contributed by atoms with Gasteiger partial charge in [0.1, 0.15) is 0 Å². The van der Waals surface area contributed by atoms with Crippen molar-refractivity contribution in [2.24, 2.45) is 17.6 Å². The summed E-state index contributed by atoms with van der Waals surface area (Å²) in [5.41, 5.74) is 4.98. The molecule has 5 nitrogen and oxygen atoms in total. The first-order valence-corrected chi connectivity index (χ1v) is 5.66. The van der Waals surface area contributed by atoms with Crippen LogP contribution >= 0.6 is 0 Å². The monoisotopic (exact) mass is 228 g/mol. The van der Waals surface area contributed by atoms with Gasteiger partial charge in [0, 0.05) is 31.8 Å². The molecule has 0 spiro atoms. The molecule has 1 fully saturated rings. The van der Waals surface area contributed by atoms with E-state index in [2.05, 4.69) is 0 Å². The summed E-state index contributed by atoms with van der Waals surface area (Å²) >= 11 is 0. The van der Waals surface area contributed by atoms with Crippen molar-refractivity contribution in [1.29, 1.82) is 0 Å². The molecule has 0 radical (unpaired) electrons. The minimum absolute atomic E-state index is 0.0811. The van der Waals surface area contributed by atoms with Crippen LogP contribution in [0.25, 0.3) is 0 Å². The fraction of sp³-hybridized carbons (Fsp3) is 0.818. The number of aliphatic hydroxyl groups excluding tert-OH is 1. The van der Waals surface area contributed by atoms with Crippen LogP contribution in [0.1, 0.15) is 26.7 Å². The average Bonchev–Trinajstić information content (AvgIpc) is 2.56. The normalized spacial score (nSPS) is 25.1. The maximum atomic E-state index is 11.7. The van der Waals surface area contributed by atoms with Crippen molar-refractivity contribution in [2.75, 3.05) is 13.1 Å². The number of β-amino-alcohol motifs (C(OH)–C–C–N with tert-alkyl or cyclic N) is 1. The van der Waals surface area contributed by atoms with E-state index >= 15 is 0 Å². The lowest BCUT2D eigenvalue weighted by atomic mass is 9.93. The molecule has 92 valence electrons. The first-order chi connectivity index (χ1) is 7.41. The predicted molar refractivity (Wildman–Crippen MR) is 59.3 cm³/mol. The van der Waals surface area contributed by atoms with E-state index in [0.717, 1.165) is 0 Å². The molecular weight excluding hydrogens is 208 g/mol. The molecule has 0 saturated carbocycles. The van der Waals surface area contributed by atoms with Crippen molar-refractivity contribution in [3.05, 3.63) is 0 Å². The molecule has 2 atom stereocenters. The minimum Gasteiger partial charge on any atom is -0.391 e. The van der Waals surface area contributed by atoms with Gasteiger partial charge in [-0.15, -0.1) is 0 Å². The van der Waals surface area contributed by atoms with E-state index in [0.29, 0.717) is 19.0 Å². The molecule has 0 bridgehead atoms. The van der Waals surface area contributed by atoms with E-state index in [1.54, 1.807) is 4.90 Å². The second-order valence-electron chi connectivity index (χ2n) is 4.74. The van der Waals surface area contributed by atoms with Crippen molar-refractivity contribution in [3.63, 3.8) is 0 Å². The number of carbonyl (C=O) groups excluding carboxylic acids is 2. The van der Waals surface area contributed by atoms with Crippen LogP contribution in [0.2, 0.25) is 0 Å². The van der Waals surface area contributed by atoms with Crippen LogP contribution in [0.15, 0.2) is 0 Å². The molecular formula is C11H20N2O3. The molecule has 0 aromatic carbocycles. The van der Waals surface area contributed by atoms with Crippen molar-refractivity contribution >= 4 is 11.8 Å². The highest BCUT2D eigenvalue weighted by atomic mass is 16.3. The van der Waals surface area contributed by atoms with Gasteiger partial charge in [0.2, 0.25) is 11.8 Å². The van der Waals surface area contributed by atoms with Gasteiger partial charge in [0.15, 0.2) is 0 Å². The molecule has 5 heteroatoms. The van der Waals surface area contributed by atoms with Gasteiger partial charge < -0.3 is 15.7 Å². The highest BCUT2D eigenvalue weighted by Crippen LogP contribution is 2.24. The van der Waals surface area contributed by atoms with Crippen LogP contribution in [-0.4, -0.2) is 41.0 Å². The second-order valence-corrected chi connectivity index (χ2v) is 4.74. The van der Waals surface area contributed by atoms with Crippen molar-refractivity contribution in [3.8, 4) is 0 Å². The summed E-state index contributed by atoms with van der Waals surface area (Å²) in [5, 5.41) is 9.77. The number of likely N-dealkylation sites (tertiary alicyclic amines) is 1. The molecule has 1 heterocycles. The first kappa shape index (κ1) is 13.0. The van der Waals surface area contributed by atoms with E-state index in [9.17, 15) is 14.7 Å². The Hall–Kier alpha value is -1.10. The summed E-state index contributed by atoms with van der Waals surface area (Å²) < 4.78 is 0. The van der Waals surface area contributed by atoms with Crippen LogP contribution in [0.4, 0.5) is 0 Å². The van der Waals surface area contributed by atoms with Crippen LogP contribution in [0, 0.1) is 11.8 Å². The Morgan fingerprint density at radius 3 is 2.44 bits per heavy atom. The number of nitrogens with zero attached hydrogens (tertiary/aromatic N) is 1. The number of hydrogen-bond acceptors (Lipinski definition) is 3. The summed E-state index contributed by atoms with van der Waals surface area (Å²) in [4.78, 5) is 23.9. The van der Waals surface area contributed by atoms with E-state index in [-0.39, 0.29) is 24.7 Å². The highest BCUT2D eigenvalue weighted by Gasteiger charge is 2.35. The quantitative estimate of drug-likeness (QED) is 0.694. The average molecular weight is 228 g/mol. The smallest absolute Gasteiger partial charge is 0.223 e. The fourth-order valence-corrected chi connectivity index (χ4v) is 2.06. The van der Waals surface area contributed by atoms with Crippen molar-refractivity contribution in [1.82, 2.24) is 4.90 Å². The molecule has 1 aliphatic rings. The van der Waals surface area contributed by atoms with Gasteiger partial charge in [0.25, 0.3) is 0 Å². The molecule has 0 unspecified atom stereocenters. The van der Waals surface area contributed by atoms with E-state index < -0.39 is 12.0 Å². The predicted octanol–water partition coefficient (Wildman–Crippen LogP) is -0.273. The third kappa shape index (κ3) is 3.20. The van der Waals surface area contributed by atoms with E-state index in [4.69, 9.17) is 5.73 Å². The molecule has 0 aromatic heterocycles. The van der Waals surface area contributed by atoms with Crippen LogP contribution < -0.4 is 5.73 Å². The van der Waals surface area contributed by atoms with Gasteiger partial charge in [-0.05, 0) is 5.92 Å². The third-order valence-corrected chi connectivity index (χ3v) is 3.13. The minimum atomic E-state index is -0.464. The van der Waals surface area contributed by atoms with Gasteiger partial charge in [-0.25, -0.2) is 0 Å². The topological polar surface area (TPSA) is 83.6 Å². The summed E-state index contributed by atoms with van der Waals surface area (Å²) in [6.45, 7) is 5.02. The zero-order valence-corrected chi connectivity index (χ0v) is 9.85. The van der Waals surface area contributed by atoms with Gasteiger partial charge in [-0.2, -0.15) is 0 Å². The Morgan fingerprint density at radius 2 is 2.00 bits per heavy atom. The van der Waals surface area contributed by atoms with E-state index in [1.165, 1.54) is 0 Å². The molecule has 16 heavy (non-hydrogen) atoms.